The minimum atomic E-state index is -0.118. The second kappa shape index (κ2) is 4.57. The van der Waals surface area contributed by atoms with E-state index in [1.54, 1.807) is 4.90 Å². The van der Waals surface area contributed by atoms with Crippen molar-refractivity contribution in [2.24, 2.45) is 0 Å². The molecule has 0 radical (unpaired) electrons. The van der Waals surface area contributed by atoms with Crippen LogP contribution in [0.15, 0.2) is 24.3 Å². The Bertz CT molecular complexity index is 574. The maximum Gasteiger partial charge on any atom is 0.346 e. The molecule has 0 bridgehead atoms. The molecule has 94 valence electrons. The zero-order valence-corrected chi connectivity index (χ0v) is 10.5. The number of hydrogen-bond donors (Lipinski definition) is 0. The monoisotopic (exact) mass is 264 g/mol. The molecule has 1 aromatic carbocycles. The number of para-hydroxylation sites is 1. The van der Waals surface area contributed by atoms with E-state index >= 15 is 0 Å². The molecule has 2 heterocycles. The number of amides is 1. The summed E-state index contributed by atoms with van der Waals surface area (Å²) in [5.74, 6) is 0. The molecule has 0 atom stereocenters. The lowest BCUT2D eigenvalue weighted by molar-refractivity contribution is 0.186. The number of rotatable bonds is 0. The molecule has 1 aliphatic rings. The third-order valence-electron chi connectivity index (χ3n) is 3.23. The number of nitrogens with zero attached hydrogens (tertiary/aromatic N) is 4. The van der Waals surface area contributed by atoms with Crippen LogP contribution in [-0.4, -0.2) is 44.4 Å². The van der Waals surface area contributed by atoms with Gasteiger partial charge in [-0.25, -0.2) is 4.79 Å². The standard InChI is InChI=1S/C12H13ClN4O/c13-9-5-7-16(8-6-9)12(18)17-11-4-2-1-3-10(11)14-15-17/h1-4,9H,5-8H2. The van der Waals surface area contributed by atoms with E-state index < -0.39 is 0 Å². The van der Waals surface area contributed by atoms with E-state index in [1.165, 1.54) is 4.68 Å². The average molecular weight is 265 g/mol. The van der Waals surface area contributed by atoms with Gasteiger partial charge in [0, 0.05) is 18.5 Å². The summed E-state index contributed by atoms with van der Waals surface area (Å²) in [7, 11) is 0. The summed E-state index contributed by atoms with van der Waals surface area (Å²) in [5, 5.41) is 8.10. The van der Waals surface area contributed by atoms with Gasteiger partial charge in [0.05, 0.1) is 5.52 Å². The SMILES string of the molecule is O=C(N1CCC(Cl)CC1)n1nnc2ccccc21. The minimum Gasteiger partial charge on any atom is -0.323 e. The van der Waals surface area contributed by atoms with Gasteiger partial charge < -0.3 is 4.90 Å². The highest BCUT2D eigenvalue weighted by atomic mass is 35.5. The first-order valence-electron chi connectivity index (χ1n) is 5.99. The number of alkyl halides is 1. The number of fused-ring (bicyclic) bond motifs is 1. The summed E-state index contributed by atoms with van der Waals surface area (Å²) in [6.45, 7) is 1.36. The summed E-state index contributed by atoms with van der Waals surface area (Å²) in [4.78, 5) is 14.1. The molecule has 18 heavy (non-hydrogen) atoms. The van der Waals surface area contributed by atoms with Crippen molar-refractivity contribution >= 4 is 28.7 Å². The molecule has 1 aliphatic heterocycles. The minimum absolute atomic E-state index is 0.118. The van der Waals surface area contributed by atoms with Crippen molar-refractivity contribution < 1.29 is 4.79 Å². The predicted octanol–water partition coefficient (Wildman–Crippen LogP) is 2.10. The molecule has 6 heteroatoms. The molecular formula is C12H13ClN4O. The summed E-state index contributed by atoms with van der Waals surface area (Å²) < 4.78 is 1.36. The Morgan fingerprint density at radius 2 is 2.00 bits per heavy atom. The van der Waals surface area contributed by atoms with E-state index in [0.717, 1.165) is 23.9 Å². The number of aromatic nitrogens is 3. The van der Waals surface area contributed by atoms with Crippen LogP contribution in [-0.2, 0) is 0 Å². The first-order valence-corrected chi connectivity index (χ1v) is 6.43. The molecule has 0 saturated carbocycles. The Morgan fingerprint density at radius 1 is 1.28 bits per heavy atom. The van der Waals surface area contributed by atoms with Gasteiger partial charge in [0.1, 0.15) is 5.52 Å². The number of hydrogen-bond acceptors (Lipinski definition) is 3. The average Bonchev–Trinajstić information content (AvgIpc) is 2.82. The van der Waals surface area contributed by atoms with Crippen molar-refractivity contribution in [3.63, 3.8) is 0 Å². The first-order chi connectivity index (χ1) is 8.75. The summed E-state index contributed by atoms with van der Waals surface area (Å²) in [6.07, 6.45) is 1.67. The largest absolute Gasteiger partial charge is 0.346 e. The van der Waals surface area contributed by atoms with Crippen molar-refractivity contribution in [3.8, 4) is 0 Å². The van der Waals surface area contributed by atoms with Crippen molar-refractivity contribution in [2.45, 2.75) is 18.2 Å². The zero-order valence-electron chi connectivity index (χ0n) is 9.79. The molecule has 0 spiro atoms. The second-order valence-electron chi connectivity index (χ2n) is 4.43. The van der Waals surface area contributed by atoms with Gasteiger partial charge in [0.15, 0.2) is 0 Å². The van der Waals surface area contributed by atoms with Crippen LogP contribution in [0.3, 0.4) is 0 Å². The lowest BCUT2D eigenvalue weighted by atomic mass is 10.1. The van der Waals surface area contributed by atoms with E-state index in [4.69, 9.17) is 11.6 Å². The smallest absolute Gasteiger partial charge is 0.323 e. The van der Waals surface area contributed by atoms with E-state index in [0.29, 0.717) is 13.1 Å². The van der Waals surface area contributed by atoms with Crippen LogP contribution in [0, 0.1) is 0 Å². The fourth-order valence-electron chi connectivity index (χ4n) is 2.18. The fraction of sp³-hybridized carbons (Fsp3) is 0.417. The summed E-state index contributed by atoms with van der Waals surface area (Å²) in [5.41, 5.74) is 1.48. The molecule has 0 unspecified atom stereocenters. The van der Waals surface area contributed by atoms with Gasteiger partial charge in [-0.05, 0) is 25.0 Å². The van der Waals surface area contributed by atoms with Gasteiger partial charge in [-0.3, -0.25) is 0 Å². The lowest BCUT2D eigenvalue weighted by Gasteiger charge is -2.28. The predicted molar refractivity (Wildman–Crippen MR) is 68.8 cm³/mol. The molecule has 3 rings (SSSR count). The van der Waals surface area contributed by atoms with E-state index in [1.807, 2.05) is 24.3 Å². The van der Waals surface area contributed by atoms with E-state index in [-0.39, 0.29) is 11.4 Å². The third-order valence-corrected chi connectivity index (χ3v) is 3.66. The van der Waals surface area contributed by atoms with Crippen LogP contribution in [0.2, 0.25) is 0 Å². The van der Waals surface area contributed by atoms with Gasteiger partial charge in [0.25, 0.3) is 0 Å². The maximum atomic E-state index is 12.3. The van der Waals surface area contributed by atoms with E-state index in [9.17, 15) is 4.79 Å². The van der Waals surface area contributed by atoms with E-state index in [2.05, 4.69) is 10.3 Å². The lowest BCUT2D eigenvalue weighted by Crippen LogP contribution is -2.41. The van der Waals surface area contributed by atoms with Gasteiger partial charge in [-0.2, -0.15) is 4.68 Å². The van der Waals surface area contributed by atoms with Crippen LogP contribution < -0.4 is 0 Å². The van der Waals surface area contributed by atoms with Crippen LogP contribution in [0.5, 0.6) is 0 Å². The number of likely N-dealkylation sites (tertiary alicyclic amines) is 1. The van der Waals surface area contributed by atoms with Gasteiger partial charge in [0.2, 0.25) is 0 Å². The van der Waals surface area contributed by atoms with Crippen LogP contribution in [0.25, 0.3) is 11.0 Å². The third kappa shape index (κ3) is 1.95. The number of halogens is 1. The van der Waals surface area contributed by atoms with Crippen molar-refractivity contribution in [1.29, 1.82) is 0 Å². The van der Waals surface area contributed by atoms with Crippen molar-refractivity contribution in [2.75, 3.05) is 13.1 Å². The number of benzene rings is 1. The number of piperidine rings is 1. The molecule has 1 amide bonds. The highest BCUT2D eigenvalue weighted by molar-refractivity contribution is 6.20. The van der Waals surface area contributed by atoms with Crippen molar-refractivity contribution in [1.82, 2.24) is 19.9 Å². The molecule has 1 fully saturated rings. The summed E-state index contributed by atoms with van der Waals surface area (Å²) >= 11 is 6.03. The molecular weight excluding hydrogens is 252 g/mol. The molecule has 0 aliphatic carbocycles. The highest BCUT2D eigenvalue weighted by Gasteiger charge is 2.24. The maximum absolute atomic E-state index is 12.3. The topological polar surface area (TPSA) is 51.0 Å². The highest BCUT2D eigenvalue weighted by Crippen LogP contribution is 2.17. The Hall–Kier alpha value is -1.62. The summed E-state index contributed by atoms with van der Waals surface area (Å²) in [6, 6.07) is 7.33. The van der Waals surface area contributed by atoms with Crippen molar-refractivity contribution in [3.05, 3.63) is 24.3 Å². The molecule has 2 aromatic rings. The first kappa shape index (κ1) is 11.5. The number of carbonyl (C=O) groups is 1. The molecule has 1 saturated heterocycles. The Balaban J connectivity index is 1.88. The quantitative estimate of drug-likeness (QED) is 0.685. The Kier molecular flexibility index (Phi) is 2.91. The van der Waals surface area contributed by atoms with Crippen LogP contribution in [0.1, 0.15) is 12.8 Å². The zero-order chi connectivity index (χ0) is 12.5. The number of carbonyl (C=O) groups excluding carboxylic acids is 1. The normalized spacial score (nSPS) is 17.3. The second-order valence-corrected chi connectivity index (χ2v) is 5.05. The fourth-order valence-corrected chi connectivity index (χ4v) is 2.38. The van der Waals surface area contributed by atoms with Gasteiger partial charge in [-0.1, -0.05) is 17.3 Å². The van der Waals surface area contributed by atoms with Gasteiger partial charge >= 0.3 is 6.03 Å². The van der Waals surface area contributed by atoms with Crippen LogP contribution >= 0.6 is 11.6 Å². The Labute approximate surface area is 109 Å². The van der Waals surface area contributed by atoms with Crippen LogP contribution in [0.4, 0.5) is 4.79 Å². The Morgan fingerprint density at radius 3 is 2.78 bits per heavy atom. The molecule has 5 nitrogen and oxygen atoms in total. The molecule has 0 N–H and O–H groups in total. The molecule has 1 aromatic heterocycles. The van der Waals surface area contributed by atoms with Gasteiger partial charge in [-0.15, -0.1) is 16.7 Å².